The summed E-state index contributed by atoms with van der Waals surface area (Å²) in [5.41, 5.74) is 1.28. The van der Waals surface area contributed by atoms with Crippen LogP contribution in [0.2, 0.25) is 5.02 Å². The molecular formula is C27H36ClN3O6S. The summed E-state index contributed by atoms with van der Waals surface area (Å²) in [6.45, 7) is 6.80. The molecule has 9 nitrogen and oxygen atoms in total. The van der Waals surface area contributed by atoms with Gasteiger partial charge in [-0.3, -0.25) is 13.9 Å². The van der Waals surface area contributed by atoms with Gasteiger partial charge in [-0.1, -0.05) is 44.5 Å². The number of carbonyl (C=O) groups excluding carboxylic acids is 2. The van der Waals surface area contributed by atoms with Crippen LogP contribution < -0.4 is 19.1 Å². The lowest BCUT2D eigenvalue weighted by molar-refractivity contribution is -0.141. The molecule has 2 amide bonds. The van der Waals surface area contributed by atoms with Crippen molar-refractivity contribution < 1.29 is 27.5 Å². The lowest BCUT2D eigenvalue weighted by Gasteiger charge is -2.31. The molecule has 0 aromatic heterocycles. The van der Waals surface area contributed by atoms with Crippen LogP contribution >= 0.6 is 11.6 Å². The van der Waals surface area contributed by atoms with Crippen LogP contribution in [0.5, 0.6) is 11.5 Å². The zero-order chi connectivity index (χ0) is 27.9. The average Bonchev–Trinajstić information content (AvgIpc) is 3.33. The number of benzene rings is 2. The van der Waals surface area contributed by atoms with E-state index in [1.54, 1.807) is 35.2 Å². The van der Waals surface area contributed by atoms with E-state index in [4.69, 9.17) is 21.1 Å². The van der Waals surface area contributed by atoms with Crippen LogP contribution in [-0.4, -0.2) is 57.3 Å². The first-order valence-corrected chi connectivity index (χ1v) is 14.9. The van der Waals surface area contributed by atoms with E-state index >= 15 is 0 Å². The van der Waals surface area contributed by atoms with Gasteiger partial charge in [-0.2, -0.15) is 0 Å². The molecule has 1 unspecified atom stereocenters. The van der Waals surface area contributed by atoms with Crippen LogP contribution in [0, 0.1) is 5.92 Å². The van der Waals surface area contributed by atoms with Crippen molar-refractivity contribution in [2.45, 2.75) is 52.6 Å². The molecule has 0 saturated heterocycles. The van der Waals surface area contributed by atoms with Crippen molar-refractivity contribution in [2.75, 3.05) is 30.4 Å². The molecule has 1 heterocycles. The highest BCUT2D eigenvalue weighted by Gasteiger charge is 2.29. The monoisotopic (exact) mass is 565 g/mol. The third-order valence-corrected chi connectivity index (χ3v) is 7.58. The van der Waals surface area contributed by atoms with Crippen LogP contribution in [0.25, 0.3) is 0 Å². The van der Waals surface area contributed by atoms with Crippen LogP contribution in [0.3, 0.4) is 0 Å². The van der Waals surface area contributed by atoms with Crippen molar-refractivity contribution >= 4 is 39.1 Å². The molecule has 3 rings (SSSR count). The molecule has 1 aliphatic rings. The van der Waals surface area contributed by atoms with E-state index < -0.39 is 16.1 Å². The van der Waals surface area contributed by atoms with Gasteiger partial charge in [0.15, 0.2) is 11.5 Å². The van der Waals surface area contributed by atoms with Gasteiger partial charge in [0.05, 0.1) is 11.9 Å². The van der Waals surface area contributed by atoms with Gasteiger partial charge < -0.3 is 19.7 Å². The fourth-order valence-electron chi connectivity index (χ4n) is 4.17. The summed E-state index contributed by atoms with van der Waals surface area (Å²) in [7, 11) is -3.62. The first kappa shape index (κ1) is 29.6. The quantitative estimate of drug-likeness (QED) is 0.390. The maximum atomic E-state index is 13.5. The Balaban J connectivity index is 1.75. The van der Waals surface area contributed by atoms with E-state index in [1.165, 1.54) is 4.31 Å². The van der Waals surface area contributed by atoms with Crippen molar-refractivity contribution in [2.24, 2.45) is 5.92 Å². The second-order valence-corrected chi connectivity index (χ2v) is 12.0. The number of rotatable bonds is 13. The third-order valence-electron chi connectivity index (χ3n) is 6.13. The second kappa shape index (κ2) is 13.2. The molecule has 208 valence electrons. The minimum atomic E-state index is -3.62. The second-order valence-electron chi connectivity index (χ2n) is 9.69. The zero-order valence-electron chi connectivity index (χ0n) is 22.3. The van der Waals surface area contributed by atoms with Crippen molar-refractivity contribution in [3.8, 4) is 11.5 Å². The van der Waals surface area contributed by atoms with Gasteiger partial charge in [0, 0.05) is 37.1 Å². The van der Waals surface area contributed by atoms with E-state index in [2.05, 4.69) is 5.32 Å². The molecule has 2 aromatic carbocycles. The van der Waals surface area contributed by atoms with E-state index in [-0.39, 0.29) is 50.5 Å². The first-order valence-electron chi connectivity index (χ1n) is 12.7. The standard InChI is InChI=1S/C27H36ClN3O6S/c1-5-23(27(33)29-16-19(2)3)30(17-20-8-10-21(28)11-9-20)26(32)7-6-14-31(38(4,34)35)22-12-13-24-25(15-22)37-18-36-24/h8-13,15,19,23H,5-7,14,16-18H2,1-4H3,(H,29,33). The molecule has 1 N–H and O–H groups in total. The van der Waals surface area contributed by atoms with Gasteiger partial charge in [0.25, 0.3) is 0 Å². The zero-order valence-corrected chi connectivity index (χ0v) is 23.8. The van der Waals surface area contributed by atoms with Gasteiger partial charge in [-0.25, -0.2) is 8.42 Å². The van der Waals surface area contributed by atoms with Crippen LogP contribution in [0.4, 0.5) is 5.69 Å². The lowest BCUT2D eigenvalue weighted by Crippen LogP contribution is -2.49. The Kier molecular flexibility index (Phi) is 10.3. The van der Waals surface area contributed by atoms with E-state index in [9.17, 15) is 18.0 Å². The topological polar surface area (TPSA) is 105 Å². The highest BCUT2D eigenvalue weighted by Crippen LogP contribution is 2.36. The molecule has 2 aromatic rings. The van der Waals surface area contributed by atoms with Gasteiger partial charge in [0.2, 0.25) is 28.6 Å². The Hall–Kier alpha value is -2.98. The average molecular weight is 566 g/mol. The number of anilines is 1. The predicted octanol–water partition coefficient (Wildman–Crippen LogP) is 4.19. The Morgan fingerprint density at radius 1 is 1.08 bits per heavy atom. The van der Waals surface area contributed by atoms with Crippen molar-refractivity contribution in [1.82, 2.24) is 10.2 Å². The number of halogens is 1. The van der Waals surface area contributed by atoms with Crippen LogP contribution in [-0.2, 0) is 26.2 Å². The highest BCUT2D eigenvalue weighted by molar-refractivity contribution is 7.92. The van der Waals surface area contributed by atoms with E-state index in [1.807, 2.05) is 32.9 Å². The third kappa shape index (κ3) is 8.01. The van der Waals surface area contributed by atoms with Crippen molar-refractivity contribution in [3.63, 3.8) is 0 Å². The summed E-state index contributed by atoms with van der Waals surface area (Å²) in [6.07, 6.45) is 1.90. The number of carbonyl (C=O) groups is 2. The lowest BCUT2D eigenvalue weighted by atomic mass is 10.1. The molecule has 0 aliphatic carbocycles. The smallest absolute Gasteiger partial charge is 0.242 e. The maximum absolute atomic E-state index is 13.5. The molecule has 0 radical (unpaired) electrons. The van der Waals surface area contributed by atoms with E-state index in [0.29, 0.717) is 35.2 Å². The number of sulfonamides is 1. The molecule has 11 heteroatoms. The molecule has 1 atom stereocenters. The minimum Gasteiger partial charge on any atom is -0.454 e. The summed E-state index contributed by atoms with van der Waals surface area (Å²) in [6, 6.07) is 11.4. The fourth-order valence-corrected chi connectivity index (χ4v) is 5.26. The normalized spacial score (nSPS) is 13.3. The first-order chi connectivity index (χ1) is 18.0. The van der Waals surface area contributed by atoms with Crippen molar-refractivity contribution in [1.29, 1.82) is 0 Å². The molecule has 38 heavy (non-hydrogen) atoms. The summed E-state index contributed by atoms with van der Waals surface area (Å²) >= 11 is 6.03. The molecule has 0 bridgehead atoms. The van der Waals surface area contributed by atoms with Crippen molar-refractivity contribution in [3.05, 3.63) is 53.1 Å². The molecule has 0 saturated carbocycles. The predicted molar refractivity (Wildman–Crippen MR) is 148 cm³/mol. The molecular weight excluding hydrogens is 530 g/mol. The Labute approximate surface area is 230 Å². The number of nitrogens with zero attached hydrogens (tertiary/aromatic N) is 2. The number of hydrogen-bond acceptors (Lipinski definition) is 6. The Morgan fingerprint density at radius 2 is 1.76 bits per heavy atom. The molecule has 1 aliphatic heterocycles. The Morgan fingerprint density at radius 3 is 2.39 bits per heavy atom. The Bertz CT molecular complexity index is 1220. The summed E-state index contributed by atoms with van der Waals surface area (Å²) in [4.78, 5) is 28.1. The number of nitrogens with one attached hydrogen (secondary N) is 1. The van der Waals surface area contributed by atoms with E-state index in [0.717, 1.165) is 11.8 Å². The summed E-state index contributed by atoms with van der Waals surface area (Å²) in [5, 5.41) is 3.52. The number of ether oxygens (including phenoxy) is 2. The number of hydrogen-bond donors (Lipinski definition) is 1. The number of fused-ring (bicyclic) bond motifs is 1. The number of amides is 2. The van der Waals surface area contributed by atoms with Gasteiger partial charge in [-0.15, -0.1) is 0 Å². The molecule has 0 fully saturated rings. The van der Waals surface area contributed by atoms with Gasteiger partial charge in [-0.05, 0) is 48.6 Å². The summed E-state index contributed by atoms with van der Waals surface area (Å²) in [5.74, 6) is 0.860. The highest BCUT2D eigenvalue weighted by atomic mass is 35.5. The maximum Gasteiger partial charge on any atom is 0.242 e. The van der Waals surface area contributed by atoms with Gasteiger partial charge in [0.1, 0.15) is 6.04 Å². The summed E-state index contributed by atoms with van der Waals surface area (Å²) < 4.78 is 37.1. The van der Waals surface area contributed by atoms with Gasteiger partial charge >= 0.3 is 0 Å². The largest absolute Gasteiger partial charge is 0.454 e. The SMILES string of the molecule is CCC(C(=O)NCC(C)C)N(Cc1ccc(Cl)cc1)C(=O)CCCN(c1ccc2c(c1)OCO2)S(C)(=O)=O. The minimum absolute atomic E-state index is 0.0676. The van der Waals surface area contributed by atoms with Crippen LogP contribution in [0.15, 0.2) is 42.5 Å². The fraction of sp³-hybridized carbons (Fsp3) is 0.481. The molecule has 0 spiro atoms. The van der Waals surface area contributed by atoms with Crippen LogP contribution in [0.1, 0.15) is 45.6 Å².